The highest BCUT2D eigenvalue weighted by molar-refractivity contribution is 9.10. The lowest BCUT2D eigenvalue weighted by molar-refractivity contribution is 0.173. The van der Waals surface area contributed by atoms with Gasteiger partial charge in [0.1, 0.15) is 0 Å². The van der Waals surface area contributed by atoms with E-state index in [4.69, 9.17) is 23.7 Å². The van der Waals surface area contributed by atoms with Gasteiger partial charge in [-0.2, -0.15) is 0 Å². The minimum absolute atomic E-state index is 0.260. The summed E-state index contributed by atoms with van der Waals surface area (Å²) in [6, 6.07) is 7.87. The number of benzene rings is 2. The molecule has 1 aliphatic heterocycles. The molecule has 0 unspecified atom stereocenters. The largest absolute Gasteiger partial charge is 0.493 e. The third kappa shape index (κ3) is 3.77. The zero-order valence-electron chi connectivity index (χ0n) is 14.3. The molecule has 0 atom stereocenters. The monoisotopic (exact) mass is 409 g/mol. The van der Waals surface area contributed by atoms with Gasteiger partial charge in [0.2, 0.25) is 12.5 Å². The summed E-state index contributed by atoms with van der Waals surface area (Å²) in [5.74, 6) is 3.40. The van der Waals surface area contributed by atoms with Crippen molar-refractivity contribution < 1.29 is 23.7 Å². The van der Waals surface area contributed by atoms with E-state index in [0.717, 1.165) is 27.1 Å². The average molecular weight is 410 g/mol. The van der Waals surface area contributed by atoms with Crippen molar-refractivity contribution in [1.29, 1.82) is 0 Å². The van der Waals surface area contributed by atoms with Crippen LogP contribution in [0.15, 0.2) is 28.7 Å². The van der Waals surface area contributed by atoms with Gasteiger partial charge in [0.05, 0.1) is 25.8 Å². The van der Waals surface area contributed by atoms with Gasteiger partial charge in [0.25, 0.3) is 0 Å². The molecule has 0 aromatic heterocycles. The maximum absolute atomic E-state index is 5.44. The van der Waals surface area contributed by atoms with Gasteiger partial charge in [-0.3, -0.25) is 0 Å². The Morgan fingerprint density at radius 3 is 2.16 bits per heavy atom. The fraction of sp³-hybridized carbons (Fsp3) is 0.333. The van der Waals surface area contributed by atoms with Gasteiger partial charge in [0.15, 0.2) is 23.0 Å². The van der Waals surface area contributed by atoms with Crippen LogP contribution in [0.3, 0.4) is 0 Å². The van der Waals surface area contributed by atoms with Crippen LogP contribution in [0.25, 0.3) is 0 Å². The summed E-state index contributed by atoms with van der Waals surface area (Å²) < 4.78 is 27.8. The molecule has 6 nitrogen and oxygen atoms in total. The smallest absolute Gasteiger partial charge is 0.231 e. The van der Waals surface area contributed by atoms with Gasteiger partial charge in [-0.05, 0) is 51.3 Å². The molecule has 2 aromatic rings. The summed E-state index contributed by atoms with van der Waals surface area (Å²) in [5.41, 5.74) is 2.14. The number of methoxy groups -OCH3 is 3. The molecule has 2 aromatic carbocycles. The number of hydrogen-bond donors (Lipinski definition) is 1. The van der Waals surface area contributed by atoms with Crippen LogP contribution < -0.4 is 29.0 Å². The zero-order chi connectivity index (χ0) is 17.8. The first-order valence-corrected chi connectivity index (χ1v) is 8.53. The molecule has 0 spiro atoms. The molecule has 1 aliphatic rings. The standard InChI is InChI=1S/C18H20BrNO5/c1-21-14-5-12(6-15(22-2)18(14)23-3)9-20-8-11-4-13(19)17-16(7-11)24-10-25-17/h4-7,20H,8-10H2,1-3H3. The topological polar surface area (TPSA) is 58.2 Å². The molecule has 0 amide bonds. The van der Waals surface area contributed by atoms with Gasteiger partial charge < -0.3 is 29.0 Å². The summed E-state index contributed by atoms with van der Waals surface area (Å²) in [6.45, 7) is 1.60. The van der Waals surface area contributed by atoms with Crippen molar-refractivity contribution in [3.05, 3.63) is 39.9 Å². The molecule has 0 aliphatic carbocycles. The molecule has 1 heterocycles. The van der Waals surface area contributed by atoms with E-state index in [0.29, 0.717) is 30.3 Å². The van der Waals surface area contributed by atoms with Crippen LogP contribution in [0, 0.1) is 0 Å². The molecule has 1 N–H and O–H groups in total. The Balaban J connectivity index is 1.69. The maximum Gasteiger partial charge on any atom is 0.231 e. The number of ether oxygens (including phenoxy) is 5. The van der Waals surface area contributed by atoms with E-state index in [9.17, 15) is 0 Å². The SMILES string of the molecule is COc1cc(CNCc2cc(Br)c3c(c2)OCO3)cc(OC)c1OC. The Morgan fingerprint density at radius 1 is 0.920 bits per heavy atom. The van der Waals surface area contributed by atoms with Crippen LogP contribution >= 0.6 is 15.9 Å². The lowest BCUT2D eigenvalue weighted by Crippen LogP contribution is -2.13. The van der Waals surface area contributed by atoms with E-state index in [1.54, 1.807) is 21.3 Å². The van der Waals surface area contributed by atoms with Crippen LogP contribution in [0.5, 0.6) is 28.7 Å². The number of fused-ring (bicyclic) bond motifs is 1. The highest BCUT2D eigenvalue weighted by Gasteiger charge is 2.18. The highest BCUT2D eigenvalue weighted by Crippen LogP contribution is 2.40. The zero-order valence-corrected chi connectivity index (χ0v) is 15.9. The van der Waals surface area contributed by atoms with Gasteiger partial charge in [0, 0.05) is 13.1 Å². The molecule has 0 saturated heterocycles. The van der Waals surface area contributed by atoms with E-state index in [1.807, 2.05) is 24.3 Å². The molecule has 7 heteroatoms. The van der Waals surface area contributed by atoms with Crippen molar-refractivity contribution >= 4 is 15.9 Å². The van der Waals surface area contributed by atoms with Crippen LogP contribution in [-0.2, 0) is 13.1 Å². The Labute approximate surface area is 155 Å². The third-order valence-electron chi connectivity index (χ3n) is 3.87. The molecular formula is C18H20BrNO5. The number of rotatable bonds is 7. The fourth-order valence-corrected chi connectivity index (χ4v) is 3.32. The number of halogens is 1. The first-order chi connectivity index (χ1) is 12.2. The second kappa shape index (κ2) is 7.84. The first-order valence-electron chi connectivity index (χ1n) is 7.74. The molecule has 134 valence electrons. The molecule has 3 rings (SSSR count). The van der Waals surface area contributed by atoms with E-state index in [2.05, 4.69) is 21.2 Å². The molecule has 0 saturated carbocycles. The van der Waals surface area contributed by atoms with Crippen LogP contribution in [0.4, 0.5) is 0 Å². The Hall–Kier alpha value is -2.12. The van der Waals surface area contributed by atoms with Crippen molar-refractivity contribution in [2.45, 2.75) is 13.1 Å². The summed E-state index contributed by atoms with van der Waals surface area (Å²) >= 11 is 3.51. The predicted octanol–water partition coefficient (Wildman–Crippen LogP) is 3.49. The van der Waals surface area contributed by atoms with Gasteiger partial charge >= 0.3 is 0 Å². The summed E-state index contributed by atoms with van der Waals surface area (Å²) in [7, 11) is 4.81. The Morgan fingerprint density at radius 2 is 1.56 bits per heavy atom. The van der Waals surface area contributed by atoms with Crippen molar-refractivity contribution in [2.24, 2.45) is 0 Å². The third-order valence-corrected chi connectivity index (χ3v) is 4.46. The van der Waals surface area contributed by atoms with Gasteiger partial charge in [-0.1, -0.05) is 0 Å². The molecule has 0 bridgehead atoms. The van der Waals surface area contributed by atoms with Crippen molar-refractivity contribution in [1.82, 2.24) is 5.32 Å². The minimum Gasteiger partial charge on any atom is -0.493 e. The molecule has 0 fully saturated rings. The highest BCUT2D eigenvalue weighted by atomic mass is 79.9. The van der Waals surface area contributed by atoms with Crippen LogP contribution in [0.2, 0.25) is 0 Å². The molecule has 0 radical (unpaired) electrons. The van der Waals surface area contributed by atoms with E-state index in [1.165, 1.54) is 0 Å². The Kier molecular flexibility index (Phi) is 5.55. The predicted molar refractivity (Wildman–Crippen MR) is 96.9 cm³/mol. The lowest BCUT2D eigenvalue weighted by atomic mass is 10.1. The number of nitrogens with one attached hydrogen (secondary N) is 1. The van der Waals surface area contributed by atoms with E-state index >= 15 is 0 Å². The van der Waals surface area contributed by atoms with Crippen molar-refractivity contribution in [3.63, 3.8) is 0 Å². The second-order valence-electron chi connectivity index (χ2n) is 5.45. The average Bonchev–Trinajstić information content (AvgIpc) is 3.10. The summed E-state index contributed by atoms with van der Waals surface area (Å²) in [6.07, 6.45) is 0. The normalized spacial score (nSPS) is 12.2. The molecule has 25 heavy (non-hydrogen) atoms. The number of hydrogen-bond acceptors (Lipinski definition) is 6. The quantitative estimate of drug-likeness (QED) is 0.754. The summed E-state index contributed by atoms with van der Waals surface area (Å²) in [5, 5.41) is 3.41. The first kappa shape index (κ1) is 17.7. The van der Waals surface area contributed by atoms with E-state index < -0.39 is 0 Å². The lowest BCUT2D eigenvalue weighted by Gasteiger charge is -2.14. The van der Waals surface area contributed by atoms with Crippen LogP contribution in [-0.4, -0.2) is 28.1 Å². The second-order valence-corrected chi connectivity index (χ2v) is 6.30. The molecular weight excluding hydrogens is 390 g/mol. The summed E-state index contributed by atoms with van der Waals surface area (Å²) in [4.78, 5) is 0. The minimum atomic E-state index is 0.260. The van der Waals surface area contributed by atoms with Gasteiger partial charge in [-0.25, -0.2) is 0 Å². The van der Waals surface area contributed by atoms with Crippen molar-refractivity contribution in [3.8, 4) is 28.7 Å². The maximum atomic E-state index is 5.44. The van der Waals surface area contributed by atoms with Gasteiger partial charge in [-0.15, -0.1) is 0 Å². The fourth-order valence-electron chi connectivity index (χ4n) is 2.71. The van der Waals surface area contributed by atoms with Crippen LogP contribution in [0.1, 0.15) is 11.1 Å². The van der Waals surface area contributed by atoms with E-state index in [-0.39, 0.29) is 6.79 Å². The Bertz CT molecular complexity index is 740. The van der Waals surface area contributed by atoms with Crippen molar-refractivity contribution in [2.75, 3.05) is 28.1 Å².